The normalized spacial score (nSPS) is 45.1. The number of unbranched alkanes of at least 4 members (excludes halogenated alkanes) is 1. The van der Waals surface area contributed by atoms with Gasteiger partial charge in [-0.05, 0) is 57.1 Å². The number of rotatable bonds is 6. The summed E-state index contributed by atoms with van der Waals surface area (Å²) in [6, 6.07) is 0. The fourth-order valence-electron chi connectivity index (χ4n) is 8.07. The third kappa shape index (κ3) is 3.08. The van der Waals surface area contributed by atoms with Gasteiger partial charge < -0.3 is 14.9 Å². The van der Waals surface area contributed by atoms with Gasteiger partial charge in [-0.2, -0.15) is 0 Å². The zero-order chi connectivity index (χ0) is 25.1. The van der Waals surface area contributed by atoms with Crippen LogP contribution in [-0.2, 0) is 19.1 Å². The number of esters is 1. The highest BCUT2D eigenvalue weighted by atomic mass is 19.1. The Kier molecular flexibility index (Phi) is 6.21. The lowest BCUT2D eigenvalue weighted by atomic mass is 9.44. The second kappa shape index (κ2) is 8.37. The summed E-state index contributed by atoms with van der Waals surface area (Å²) in [6.07, 6.45) is 5.92. The number of hydrogen-bond donors (Lipinski definition) is 2. The quantitative estimate of drug-likeness (QED) is 0.568. The molecule has 0 amide bonds. The predicted molar refractivity (Wildman–Crippen MR) is 123 cm³/mol. The summed E-state index contributed by atoms with van der Waals surface area (Å²) in [7, 11) is 0. The van der Waals surface area contributed by atoms with Gasteiger partial charge in [0.25, 0.3) is 0 Å². The summed E-state index contributed by atoms with van der Waals surface area (Å²) >= 11 is 0. The average Bonchev–Trinajstić information content (AvgIpc) is 3.00. The summed E-state index contributed by atoms with van der Waals surface area (Å²) in [5.41, 5.74) is -5.11. The van der Waals surface area contributed by atoms with Crippen LogP contribution in [0.15, 0.2) is 23.8 Å². The molecule has 0 spiro atoms. The Bertz CT molecular complexity index is 957. The molecule has 3 saturated carbocycles. The molecule has 4 aliphatic carbocycles. The molecule has 0 saturated heterocycles. The Morgan fingerprint density at radius 1 is 1.26 bits per heavy atom. The first-order valence-electron chi connectivity index (χ1n) is 12.6. The molecular formula is C27H37FO6. The van der Waals surface area contributed by atoms with Crippen molar-refractivity contribution in [2.24, 2.45) is 28.6 Å². The monoisotopic (exact) mass is 476 g/mol. The molecule has 0 unspecified atom stereocenters. The minimum absolute atomic E-state index is 0.0769. The molecule has 0 aromatic rings. The molecule has 0 heterocycles. The molecule has 7 heteroatoms. The lowest BCUT2D eigenvalue weighted by molar-refractivity contribution is -0.228. The maximum Gasteiger partial charge on any atom is 0.306 e. The van der Waals surface area contributed by atoms with Crippen LogP contribution in [0.1, 0.15) is 72.6 Å². The lowest BCUT2D eigenvalue weighted by Crippen LogP contribution is -2.70. The highest BCUT2D eigenvalue weighted by Gasteiger charge is 2.77. The number of hydrogen-bond acceptors (Lipinski definition) is 6. The van der Waals surface area contributed by atoms with E-state index in [2.05, 4.69) is 0 Å². The number of aliphatic hydroxyl groups excluding tert-OH is 2. The molecule has 0 aromatic carbocycles. The minimum atomic E-state index is -2.03. The predicted octanol–water partition coefficient (Wildman–Crippen LogP) is 3.64. The Hall–Kier alpha value is -1.86. The molecule has 8 atom stereocenters. The zero-order valence-corrected chi connectivity index (χ0v) is 20.6. The van der Waals surface area contributed by atoms with Crippen molar-refractivity contribution in [2.75, 3.05) is 6.61 Å². The van der Waals surface area contributed by atoms with Crippen molar-refractivity contribution in [3.8, 4) is 0 Å². The van der Waals surface area contributed by atoms with Crippen LogP contribution in [0.4, 0.5) is 4.39 Å². The van der Waals surface area contributed by atoms with E-state index in [4.69, 9.17) is 4.74 Å². The highest BCUT2D eigenvalue weighted by molar-refractivity contribution is 6.01. The number of allylic oxidation sites excluding steroid dienone is 4. The van der Waals surface area contributed by atoms with Gasteiger partial charge in [-0.3, -0.25) is 14.4 Å². The molecule has 0 radical (unpaired) electrons. The first-order valence-corrected chi connectivity index (χ1v) is 12.6. The summed E-state index contributed by atoms with van der Waals surface area (Å²) in [5, 5.41) is 21.4. The molecule has 34 heavy (non-hydrogen) atoms. The van der Waals surface area contributed by atoms with Crippen molar-refractivity contribution in [1.82, 2.24) is 0 Å². The highest BCUT2D eigenvalue weighted by Crippen LogP contribution is 2.71. The molecule has 6 nitrogen and oxygen atoms in total. The van der Waals surface area contributed by atoms with Gasteiger partial charge in [-0.15, -0.1) is 0 Å². The van der Waals surface area contributed by atoms with Gasteiger partial charge in [0.05, 0.1) is 6.10 Å². The van der Waals surface area contributed by atoms with Gasteiger partial charge in [-0.25, -0.2) is 4.39 Å². The number of carbonyl (C=O) groups is 3. The molecule has 0 aromatic heterocycles. The van der Waals surface area contributed by atoms with E-state index in [0.717, 1.165) is 6.42 Å². The van der Waals surface area contributed by atoms with Crippen molar-refractivity contribution in [3.63, 3.8) is 0 Å². The molecule has 2 N–H and O–H groups in total. The molecule has 188 valence electrons. The summed E-state index contributed by atoms with van der Waals surface area (Å²) < 4.78 is 23.3. The van der Waals surface area contributed by atoms with Crippen LogP contribution >= 0.6 is 0 Å². The van der Waals surface area contributed by atoms with E-state index in [1.165, 1.54) is 12.2 Å². The van der Waals surface area contributed by atoms with Gasteiger partial charge in [0.1, 0.15) is 6.61 Å². The first kappa shape index (κ1) is 25.2. The number of ether oxygens (including phenoxy) is 1. The summed E-state index contributed by atoms with van der Waals surface area (Å²) in [6.45, 7) is 6.55. The summed E-state index contributed by atoms with van der Waals surface area (Å²) in [4.78, 5) is 38.1. The van der Waals surface area contributed by atoms with Crippen LogP contribution in [0.2, 0.25) is 0 Å². The molecule has 4 aliphatic rings. The smallest absolute Gasteiger partial charge is 0.306 e. The maximum atomic E-state index is 17.3. The topological polar surface area (TPSA) is 101 Å². The maximum absolute atomic E-state index is 17.3. The SMILES string of the molecule is CCCCC(=O)O[C@@]1(C(=O)CO)[C@@H](C)C[C@H]2[C@@H]3CCC4=CC(=O)C=C[C@]4(C)[C@]3(F)[C@H](O)C[C@@]21C. The standard InChI is InChI=1S/C27H37FO6/c1-5-6-7-23(33)34-27(22(32)15-29)16(2)12-20-19-9-8-17-13-18(30)10-11-24(17,3)26(19,28)21(31)14-25(20,27)4/h10-11,13,16,19-21,29,31H,5-9,12,14-15H2,1-4H3/t16-,19-,20-,21+,24-,25-,26+,27+/m0/s1. The molecule has 0 bridgehead atoms. The Labute approximate surface area is 200 Å². The van der Waals surface area contributed by atoms with Crippen LogP contribution in [0, 0.1) is 28.6 Å². The number of ketones is 2. The number of alkyl halides is 1. The van der Waals surface area contributed by atoms with Crippen molar-refractivity contribution in [2.45, 2.75) is 90.0 Å². The molecule has 3 fully saturated rings. The van der Waals surface area contributed by atoms with Crippen molar-refractivity contribution in [1.29, 1.82) is 0 Å². The average molecular weight is 477 g/mol. The van der Waals surface area contributed by atoms with Crippen molar-refractivity contribution >= 4 is 17.5 Å². The van der Waals surface area contributed by atoms with E-state index < -0.39 is 58.4 Å². The Balaban J connectivity index is 1.80. The van der Waals surface area contributed by atoms with E-state index in [1.807, 2.05) is 20.8 Å². The number of halogens is 1. The second-order valence-electron chi connectivity index (χ2n) is 11.3. The van der Waals surface area contributed by atoms with Gasteiger partial charge >= 0.3 is 5.97 Å². The molecular weight excluding hydrogens is 439 g/mol. The molecule has 0 aliphatic heterocycles. The van der Waals surface area contributed by atoms with Crippen LogP contribution < -0.4 is 0 Å². The van der Waals surface area contributed by atoms with Crippen LogP contribution in [0.25, 0.3) is 0 Å². The van der Waals surface area contributed by atoms with E-state index in [-0.39, 0.29) is 24.5 Å². The number of aliphatic hydroxyl groups is 2. The number of carbonyl (C=O) groups excluding carboxylic acids is 3. The number of fused-ring (bicyclic) bond motifs is 5. The fourth-order valence-corrected chi connectivity index (χ4v) is 8.07. The summed E-state index contributed by atoms with van der Waals surface area (Å²) in [5.74, 6) is -2.62. The van der Waals surface area contributed by atoms with E-state index in [1.54, 1.807) is 13.0 Å². The fraction of sp³-hybridized carbons (Fsp3) is 0.741. The Morgan fingerprint density at radius 3 is 2.62 bits per heavy atom. The van der Waals surface area contributed by atoms with Gasteiger partial charge in [0.2, 0.25) is 5.78 Å². The van der Waals surface area contributed by atoms with E-state index >= 15 is 4.39 Å². The largest absolute Gasteiger partial charge is 0.450 e. The zero-order valence-electron chi connectivity index (χ0n) is 20.6. The lowest BCUT2D eigenvalue weighted by Gasteiger charge is -2.62. The van der Waals surface area contributed by atoms with Crippen LogP contribution in [0.3, 0.4) is 0 Å². The second-order valence-corrected chi connectivity index (χ2v) is 11.3. The third-order valence-corrected chi connectivity index (χ3v) is 9.75. The van der Waals surface area contributed by atoms with E-state index in [0.29, 0.717) is 31.3 Å². The minimum Gasteiger partial charge on any atom is -0.450 e. The van der Waals surface area contributed by atoms with Gasteiger partial charge in [0.15, 0.2) is 17.1 Å². The third-order valence-electron chi connectivity index (χ3n) is 9.75. The Morgan fingerprint density at radius 2 is 1.97 bits per heavy atom. The molecule has 4 rings (SSSR count). The van der Waals surface area contributed by atoms with Crippen molar-refractivity contribution in [3.05, 3.63) is 23.8 Å². The number of Topliss-reactive ketones (excluding diaryl/α,β-unsaturated/α-hetero) is 1. The van der Waals surface area contributed by atoms with Gasteiger partial charge in [-0.1, -0.05) is 38.8 Å². The first-order chi connectivity index (χ1) is 15.9. The van der Waals surface area contributed by atoms with Crippen molar-refractivity contribution < 1.29 is 33.7 Å². The van der Waals surface area contributed by atoms with Crippen LogP contribution in [-0.4, -0.2) is 51.7 Å². The van der Waals surface area contributed by atoms with Gasteiger partial charge in [0, 0.05) is 29.1 Å². The van der Waals surface area contributed by atoms with E-state index in [9.17, 15) is 24.6 Å². The van der Waals surface area contributed by atoms with Crippen LogP contribution in [0.5, 0.6) is 0 Å².